The summed E-state index contributed by atoms with van der Waals surface area (Å²) in [5.41, 5.74) is 5.56. The molecule has 0 spiro atoms. The van der Waals surface area contributed by atoms with Crippen LogP contribution >= 0.6 is 0 Å². The summed E-state index contributed by atoms with van der Waals surface area (Å²) >= 11 is 0. The second kappa shape index (κ2) is 10.6. The average Bonchev–Trinajstić information content (AvgIpc) is 2.66. The van der Waals surface area contributed by atoms with Crippen LogP contribution in [0.2, 0.25) is 0 Å². The predicted octanol–water partition coefficient (Wildman–Crippen LogP) is 1.70. The number of hydrogen-bond acceptors (Lipinski definition) is 6. The van der Waals surface area contributed by atoms with Gasteiger partial charge in [0.1, 0.15) is 17.3 Å². The summed E-state index contributed by atoms with van der Waals surface area (Å²) in [5, 5.41) is 0. The maximum absolute atomic E-state index is 12.5. The van der Waals surface area contributed by atoms with Gasteiger partial charge in [0.2, 0.25) is 0 Å². The average molecular weight is 390 g/mol. The number of methoxy groups -OCH3 is 1. The summed E-state index contributed by atoms with van der Waals surface area (Å²) in [6.07, 6.45) is 0.681. The highest BCUT2D eigenvalue weighted by atomic mass is 16.5. The Morgan fingerprint density at radius 1 is 1.14 bits per heavy atom. The van der Waals surface area contributed by atoms with Crippen LogP contribution in [0.25, 0.3) is 0 Å². The van der Waals surface area contributed by atoms with Crippen LogP contribution in [-0.2, 0) is 11.3 Å². The second-order valence-electron chi connectivity index (χ2n) is 6.99. The van der Waals surface area contributed by atoms with E-state index in [1.807, 2.05) is 49.1 Å². The van der Waals surface area contributed by atoms with Crippen molar-refractivity contribution in [3.8, 4) is 5.75 Å². The van der Waals surface area contributed by atoms with Crippen molar-refractivity contribution >= 4 is 11.5 Å². The molecule has 0 saturated heterocycles. The van der Waals surface area contributed by atoms with Gasteiger partial charge in [-0.3, -0.25) is 14.3 Å². The highest BCUT2D eigenvalue weighted by Crippen LogP contribution is 2.18. The molecule has 0 saturated carbocycles. The van der Waals surface area contributed by atoms with Gasteiger partial charge in [0.25, 0.3) is 5.56 Å². The zero-order valence-electron chi connectivity index (χ0n) is 16.8. The van der Waals surface area contributed by atoms with Crippen LogP contribution < -0.4 is 26.6 Å². The van der Waals surface area contributed by atoms with Crippen molar-refractivity contribution < 1.29 is 9.47 Å². The van der Waals surface area contributed by atoms with Crippen LogP contribution in [0, 0.1) is 5.92 Å². The molecule has 0 aliphatic heterocycles. The fourth-order valence-electron chi connectivity index (χ4n) is 2.93. The molecule has 3 N–H and O–H groups in total. The minimum atomic E-state index is -0.487. The van der Waals surface area contributed by atoms with Crippen LogP contribution in [0.3, 0.4) is 0 Å². The Labute approximate surface area is 164 Å². The Balaban J connectivity index is 2.17. The van der Waals surface area contributed by atoms with Gasteiger partial charge in [0.05, 0.1) is 13.2 Å². The maximum Gasteiger partial charge on any atom is 0.330 e. The van der Waals surface area contributed by atoms with Gasteiger partial charge in [0, 0.05) is 26.7 Å². The molecule has 2 rings (SSSR count). The predicted molar refractivity (Wildman–Crippen MR) is 111 cm³/mol. The molecule has 0 aliphatic rings. The van der Waals surface area contributed by atoms with Gasteiger partial charge < -0.3 is 20.1 Å². The molecule has 8 heteroatoms. The maximum atomic E-state index is 12.5. The molecule has 0 amide bonds. The van der Waals surface area contributed by atoms with Gasteiger partial charge >= 0.3 is 5.69 Å². The van der Waals surface area contributed by atoms with Crippen LogP contribution in [0.5, 0.6) is 5.75 Å². The van der Waals surface area contributed by atoms with E-state index in [1.54, 1.807) is 7.11 Å². The van der Waals surface area contributed by atoms with Crippen LogP contribution in [0.4, 0.5) is 11.5 Å². The summed E-state index contributed by atoms with van der Waals surface area (Å²) in [6, 6.07) is 9.55. The lowest BCUT2D eigenvalue weighted by Crippen LogP contribution is -2.40. The fourth-order valence-corrected chi connectivity index (χ4v) is 2.93. The third-order valence-electron chi connectivity index (χ3n) is 4.23. The summed E-state index contributed by atoms with van der Waals surface area (Å²) in [6.45, 7) is 6.36. The number of nitrogens with one attached hydrogen (secondary N) is 1. The van der Waals surface area contributed by atoms with Gasteiger partial charge in [-0.15, -0.1) is 0 Å². The number of H-pyrrole nitrogens is 1. The standard InChI is InChI=1S/C20H30N4O4/c1-15(2)14-24-18(21)17(19(25)22-20(24)26)23(11-13-27-3)10-7-12-28-16-8-5-4-6-9-16/h4-6,8-9,15H,7,10-14,21H2,1-3H3,(H,22,25,26). The Morgan fingerprint density at radius 2 is 1.86 bits per heavy atom. The first-order valence-corrected chi connectivity index (χ1v) is 9.48. The molecule has 2 aromatic rings. The summed E-state index contributed by atoms with van der Waals surface area (Å²) < 4.78 is 12.3. The number of rotatable bonds is 11. The first kappa shape index (κ1) is 21.6. The first-order chi connectivity index (χ1) is 13.4. The number of ether oxygens (including phenoxy) is 2. The molecular weight excluding hydrogens is 360 g/mol. The SMILES string of the molecule is COCCN(CCCOc1ccccc1)c1c(N)n(CC(C)C)c(=O)[nH]c1=O. The van der Waals surface area contributed by atoms with Gasteiger partial charge in [-0.05, 0) is 24.5 Å². The summed E-state index contributed by atoms with van der Waals surface area (Å²) in [7, 11) is 1.60. The van der Waals surface area contributed by atoms with Crippen LogP contribution in [-0.4, -0.2) is 43.0 Å². The number of aromatic nitrogens is 2. The number of benzene rings is 1. The minimum absolute atomic E-state index is 0.183. The minimum Gasteiger partial charge on any atom is -0.494 e. The van der Waals surface area contributed by atoms with E-state index >= 15 is 0 Å². The summed E-state index contributed by atoms with van der Waals surface area (Å²) in [5.74, 6) is 1.20. The van der Waals surface area contributed by atoms with E-state index in [0.717, 1.165) is 5.75 Å². The van der Waals surface area contributed by atoms with E-state index in [0.29, 0.717) is 45.0 Å². The number of nitrogens with two attached hydrogens (primary N) is 1. The van der Waals surface area contributed by atoms with Crippen molar-refractivity contribution in [2.24, 2.45) is 5.92 Å². The summed E-state index contributed by atoms with van der Waals surface area (Å²) in [4.78, 5) is 28.9. The Hall–Kier alpha value is -2.74. The zero-order chi connectivity index (χ0) is 20.5. The number of nitrogens with zero attached hydrogens (tertiary/aromatic N) is 2. The molecule has 0 radical (unpaired) electrons. The van der Waals surface area contributed by atoms with Crippen molar-refractivity contribution in [2.45, 2.75) is 26.8 Å². The van der Waals surface area contributed by atoms with Crippen molar-refractivity contribution in [3.63, 3.8) is 0 Å². The molecule has 1 heterocycles. The highest BCUT2D eigenvalue weighted by Gasteiger charge is 2.19. The van der Waals surface area contributed by atoms with E-state index in [2.05, 4.69) is 4.98 Å². The molecule has 0 fully saturated rings. The number of anilines is 2. The molecule has 0 atom stereocenters. The Bertz CT molecular complexity index is 846. The number of hydrogen-bond donors (Lipinski definition) is 2. The van der Waals surface area contributed by atoms with Gasteiger partial charge in [-0.1, -0.05) is 32.0 Å². The quantitative estimate of drug-likeness (QED) is 0.566. The molecule has 0 bridgehead atoms. The Kier molecular flexibility index (Phi) is 8.13. The van der Waals surface area contributed by atoms with Crippen LogP contribution in [0.15, 0.2) is 39.9 Å². The second-order valence-corrected chi connectivity index (χ2v) is 6.99. The van der Waals surface area contributed by atoms with E-state index in [9.17, 15) is 9.59 Å². The Morgan fingerprint density at radius 3 is 2.50 bits per heavy atom. The van der Waals surface area contributed by atoms with E-state index in [4.69, 9.17) is 15.2 Å². The topological polar surface area (TPSA) is 103 Å². The first-order valence-electron chi connectivity index (χ1n) is 9.48. The molecule has 28 heavy (non-hydrogen) atoms. The zero-order valence-corrected chi connectivity index (χ0v) is 16.8. The van der Waals surface area contributed by atoms with Gasteiger partial charge in [-0.25, -0.2) is 4.79 Å². The lowest BCUT2D eigenvalue weighted by Gasteiger charge is -2.26. The monoisotopic (exact) mass is 390 g/mol. The van der Waals surface area contributed by atoms with E-state index < -0.39 is 11.2 Å². The normalized spacial score (nSPS) is 11.0. The lowest BCUT2D eigenvalue weighted by molar-refractivity contribution is 0.204. The molecule has 0 aliphatic carbocycles. The fraction of sp³-hybridized carbons (Fsp3) is 0.500. The molecular formula is C20H30N4O4. The third-order valence-corrected chi connectivity index (χ3v) is 4.23. The number of para-hydroxylation sites is 1. The number of aromatic amines is 1. The van der Waals surface area contributed by atoms with Crippen molar-refractivity contribution in [1.82, 2.24) is 9.55 Å². The highest BCUT2D eigenvalue weighted by molar-refractivity contribution is 5.62. The molecule has 1 aromatic carbocycles. The van der Waals surface area contributed by atoms with E-state index in [-0.39, 0.29) is 11.7 Å². The van der Waals surface area contributed by atoms with Gasteiger partial charge in [-0.2, -0.15) is 0 Å². The molecule has 0 unspecified atom stereocenters. The molecule has 154 valence electrons. The number of nitrogen functional groups attached to an aromatic ring is 1. The molecule has 1 aromatic heterocycles. The van der Waals surface area contributed by atoms with E-state index in [1.165, 1.54) is 4.57 Å². The van der Waals surface area contributed by atoms with Crippen molar-refractivity contribution in [2.75, 3.05) is 44.0 Å². The third kappa shape index (κ3) is 5.88. The smallest absolute Gasteiger partial charge is 0.330 e. The lowest BCUT2D eigenvalue weighted by atomic mass is 10.2. The largest absolute Gasteiger partial charge is 0.494 e. The van der Waals surface area contributed by atoms with Crippen LogP contribution in [0.1, 0.15) is 20.3 Å². The van der Waals surface area contributed by atoms with Gasteiger partial charge in [0.15, 0.2) is 0 Å². The molecule has 8 nitrogen and oxygen atoms in total. The van der Waals surface area contributed by atoms with Crippen molar-refractivity contribution in [1.29, 1.82) is 0 Å². The van der Waals surface area contributed by atoms with Crippen molar-refractivity contribution in [3.05, 3.63) is 51.2 Å².